The van der Waals surface area contributed by atoms with Crippen LogP contribution in [0.5, 0.6) is 5.75 Å². The number of carbonyl (C=O) groups excluding carboxylic acids is 2. The van der Waals surface area contributed by atoms with E-state index in [1.807, 2.05) is 37.3 Å². The smallest absolute Gasteiger partial charge is 0.410 e. The van der Waals surface area contributed by atoms with E-state index in [1.165, 1.54) is 0 Å². The molecule has 0 radical (unpaired) electrons. The molecule has 1 atom stereocenters. The number of ether oxygens (including phenoxy) is 1. The second-order valence-corrected chi connectivity index (χ2v) is 4.70. The number of hydrogen-bond acceptors (Lipinski definition) is 3. The molecule has 0 aromatic heterocycles. The van der Waals surface area contributed by atoms with Crippen LogP contribution in [-0.4, -0.2) is 12.5 Å². The first-order valence-corrected chi connectivity index (χ1v) is 7.06. The Morgan fingerprint density at radius 1 is 1.18 bits per heavy atom. The van der Waals surface area contributed by atoms with E-state index < -0.39 is 6.09 Å². The lowest BCUT2D eigenvalue weighted by Crippen LogP contribution is -2.30. The molecule has 2 aromatic carbocycles. The van der Waals surface area contributed by atoms with Crippen molar-refractivity contribution in [3.8, 4) is 5.75 Å². The minimum absolute atomic E-state index is 0.106. The van der Waals surface area contributed by atoms with Crippen LogP contribution in [0.4, 0.5) is 10.5 Å². The van der Waals surface area contributed by atoms with Crippen LogP contribution in [-0.2, 0) is 4.79 Å². The Balaban J connectivity index is 2.00. The van der Waals surface area contributed by atoms with E-state index in [2.05, 4.69) is 10.6 Å². The van der Waals surface area contributed by atoms with Crippen molar-refractivity contribution in [1.29, 1.82) is 0 Å². The Bertz CT molecular complexity index is 629. The summed E-state index contributed by atoms with van der Waals surface area (Å²) >= 11 is 0. The molecule has 0 aliphatic rings. The van der Waals surface area contributed by atoms with Crippen LogP contribution in [0, 0.1) is 0 Å². The van der Waals surface area contributed by atoms with Crippen molar-refractivity contribution in [2.75, 3.05) is 5.32 Å². The molecule has 0 aliphatic carbocycles. The Morgan fingerprint density at radius 2 is 1.95 bits per heavy atom. The van der Waals surface area contributed by atoms with Crippen LogP contribution in [0.15, 0.2) is 54.6 Å². The molecule has 2 rings (SSSR count). The average Bonchev–Trinajstić information content (AvgIpc) is 2.54. The lowest BCUT2D eigenvalue weighted by atomic mass is 10.1. The molecule has 0 saturated heterocycles. The van der Waals surface area contributed by atoms with Gasteiger partial charge in [-0.2, -0.15) is 0 Å². The second-order valence-electron chi connectivity index (χ2n) is 4.70. The molecule has 22 heavy (non-hydrogen) atoms. The highest BCUT2D eigenvalue weighted by molar-refractivity contribution is 5.74. The highest BCUT2D eigenvalue weighted by Gasteiger charge is 2.13. The summed E-state index contributed by atoms with van der Waals surface area (Å²) in [6.07, 6.45) is 0.798. The standard InChI is InChI=1S/C17H18N2O3/c1-2-16(13-7-4-3-5-8-13)19-17(21)22-15-10-6-9-14(11-15)18-12-20/h3-12,16H,2H2,1H3,(H,18,20)(H,19,21). The molecule has 5 heteroatoms. The molecular formula is C17H18N2O3. The van der Waals surface area contributed by atoms with Gasteiger partial charge >= 0.3 is 6.09 Å². The van der Waals surface area contributed by atoms with Crippen molar-refractivity contribution in [1.82, 2.24) is 5.32 Å². The minimum atomic E-state index is -0.529. The quantitative estimate of drug-likeness (QED) is 0.802. The van der Waals surface area contributed by atoms with E-state index in [9.17, 15) is 9.59 Å². The SMILES string of the molecule is CCC(NC(=O)Oc1cccc(NC=O)c1)c1ccccc1. The van der Waals surface area contributed by atoms with Gasteiger partial charge in [-0.05, 0) is 24.1 Å². The number of rotatable bonds is 6. The first kappa shape index (κ1) is 15.6. The first-order chi connectivity index (χ1) is 10.7. The molecule has 0 saturated carbocycles. The van der Waals surface area contributed by atoms with Gasteiger partial charge in [0.1, 0.15) is 5.75 Å². The van der Waals surface area contributed by atoms with E-state index in [0.717, 1.165) is 12.0 Å². The molecular weight excluding hydrogens is 280 g/mol. The van der Waals surface area contributed by atoms with Crippen LogP contribution < -0.4 is 15.4 Å². The average molecular weight is 298 g/mol. The van der Waals surface area contributed by atoms with Gasteiger partial charge in [0.05, 0.1) is 6.04 Å². The predicted octanol–water partition coefficient (Wildman–Crippen LogP) is 3.49. The summed E-state index contributed by atoms with van der Waals surface area (Å²) in [5, 5.41) is 5.34. The van der Waals surface area contributed by atoms with Crippen LogP contribution >= 0.6 is 0 Å². The van der Waals surface area contributed by atoms with E-state index in [-0.39, 0.29) is 6.04 Å². The monoisotopic (exact) mass is 298 g/mol. The molecule has 5 nitrogen and oxygen atoms in total. The normalized spacial score (nSPS) is 11.3. The highest BCUT2D eigenvalue weighted by atomic mass is 16.6. The fourth-order valence-electron chi connectivity index (χ4n) is 2.10. The van der Waals surface area contributed by atoms with Crippen LogP contribution in [0.25, 0.3) is 0 Å². The number of nitrogens with one attached hydrogen (secondary N) is 2. The fraction of sp³-hybridized carbons (Fsp3) is 0.176. The molecule has 0 aliphatic heterocycles. The number of amides is 2. The number of hydrogen-bond donors (Lipinski definition) is 2. The van der Waals surface area contributed by atoms with E-state index in [0.29, 0.717) is 17.8 Å². The summed E-state index contributed by atoms with van der Waals surface area (Å²) in [7, 11) is 0. The van der Waals surface area contributed by atoms with E-state index in [4.69, 9.17) is 4.74 Å². The van der Waals surface area contributed by atoms with Gasteiger partial charge < -0.3 is 15.4 Å². The van der Waals surface area contributed by atoms with Gasteiger partial charge in [0, 0.05) is 11.8 Å². The van der Waals surface area contributed by atoms with Gasteiger partial charge in [0.2, 0.25) is 6.41 Å². The minimum Gasteiger partial charge on any atom is -0.410 e. The first-order valence-electron chi connectivity index (χ1n) is 7.06. The third-order valence-corrected chi connectivity index (χ3v) is 3.17. The summed E-state index contributed by atoms with van der Waals surface area (Å²) in [4.78, 5) is 22.4. The maximum atomic E-state index is 12.0. The lowest BCUT2D eigenvalue weighted by molar-refractivity contribution is -0.105. The van der Waals surface area contributed by atoms with Gasteiger partial charge in [0.25, 0.3) is 0 Å². The van der Waals surface area contributed by atoms with Gasteiger partial charge in [-0.25, -0.2) is 4.79 Å². The zero-order chi connectivity index (χ0) is 15.8. The third kappa shape index (κ3) is 4.34. The number of benzene rings is 2. The third-order valence-electron chi connectivity index (χ3n) is 3.17. The molecule has 0 heterocycles. The molecule has 0 spiro atoms. The topological polar surface area (TPSA) is 67.4 Å². The van der Waals surface area contributed by atoms with Crippen LogP contribution in [0.3, 0.4) is 0 Å². The van der Waals surface area contributed by atoms with Crippen molar-refractivity contribution < 1.29 is 14.3 Å². The highest BCUT2D eigenvalue weighted by Crippen LogP contribution is 2.19. The summed E-state index contributed by atoms with van der Waals surface area (Å²) in [5.74, 6) is 0.368. The Morgan fingerprint density at radius 3 is 2.64 bits per heavy atom. The largest absolute Gasteiger partial charge is 0.413 e. The molecule has 2 aromatic rings. The van der Waals surface area contributed by atoms with Crippen molar-refractivity contribution in [3.63, 3.8) is 0 Å². The van der Waals surface area contributed by atoms with E-state index in [1.54, 1.807) is 24.3 Å². The maximum absolute atomic E-state index is 12.0. The second kappa shape index (κ2) is 7.83. The van der Waals surface area contributed by atoms with Gasteiger partial charge in [0.15, 0.2) is 0 Å². The van der Waals surface area contributed by atoms with Gasteiger partial charge in [-0.1, -0.05) is 43.3 Å². The Kier molecular flexibility index (Phi) is 5.54. The van der Waals surface area contributed by atoms with Crippen molar-refractivity contribution in [2.45, 2.75) is 19.4 Å². The predicted molar refractivity (Wildman–Crippen MR) is 84.8 cm³/mol. The molecule has 1 unspecified atom stereocenters. The number of carbonyl (C=O) groups is 2. The van der Waals surface area contributed by atoms with Gasteiger partial charge in [-0.15, -0.1) is 0 Å². The Hall–Kier alpha value is -2.82. The summed E-state index contributed by atoms with van der Waals surface area (Å²) < 4.78 is 5.25. The molecule has 2 amide bonds. The van der Waals surface area contributed by atoms with Gasteiger partial charge in [-0.3, -0.25) is 4.79 Å². The molecule has 114 valence electrons. The zero-order valence-corrected chi connectivity index (χ0v) is 12.3. The molecule has 0 fully saturated rings. The summed E-state index contributed by atoms with van der Waals surface area (Å²) in [6, 6.07) is 16.2. The van der Waals surface area contributed by atoms with Crippen LogP contribution in [0.1, 0.15) is 24.9 Å². The van der Waals surface area contributed by atoms with Crippen LogP contribution in [0.2, 0.25) is 0 Å². The van der Waals surface area contributed by atoms with E-state index >= 15 is 0 Å². The van der Waals surface area contributed by atoms with Crippen molar-refractivity contribution in [3.05, 3.63) is 60.2 Å². The lowest BCUT2D eigenvalue weighted by Gasteiger charge is -2.17. The summed E-state index contributed by atoms with van der Waals surface area (Å²) in [5.41, 5.74) is 1.59. The number of anilines is 1. The maximum Gasteiger partial charge on any atom is 0.413 e. The molecule has 2 N–H and O–H groups in total. The fourth-order valence-corrected chi connectivity index (χ4v) is 2.10. The Labute approximate surface area is 129 Å². The molecule has 0 bridgehead atoms. The van der Waals surface area contributed by atoms with Crippen molar-refractivity contribution in [2.24, 2.45) is 0 Å². The zero-order valence-electron chi connectivity index (χ0n) is 12.3. The summed E-state index contributed by atoms with van der Waals surface area (Å²) in [6.45, 7) is 1.99. The van der Waals surface area contributed by atoms with Crippen molar-refractivity contribution >= 4 is 18.2 Å².